The highest BCUT2D eigenvalue weighted by Crippen LogP contribution is 2.40. The van der Waals surface area contributed by atoms with Crippen molar-refractivity contribution in [2.75, 3.05) is 5.32 Å². The fourth-order valence-corrected chi connectivity index (χ4v) is 5.42. The molecular formula is C19H18FN3OS2. The van der Waals surface area contributed by atoms with Gasteiger partial charge in [-0.3, -0.25) is 4.79 Å². The van der Waals surface area contributed by atoms with Crippen molar-refractivity contribution >= 4 is 44.9 Å². The van der Waals surface area contributed by atoms with Crippen LogP contribution in [0.3, 0.4) is 0 Å². The minimum atomic E-state index is -0.370. The van der Waals surface area contributed by atoms with Crippen molar-refractivity contribution in [3.05, 3.63) is 46.9 Å². The van der Waals surface area contributed by atoms with E-state index in [1.807, 2.05) is 6.92 Å². The third-order valence-corrected chi connectivity index (χ3v) is 6.77. The first kappa shape index (κ1) is 17.4. The molecule has 0 fully saturated rings. The molecule has 0 saturated carbocycles. The number of benzene rings is 1. The molecule has 0 aliphatic heterocycles. The number of nitrogens with one attached hydrogen (secondary N) is 1. The van der Waals surface area contributed by atoms with Gasteiger partial charge in [-0.1, -0.05) is 17.8 Å². The first-order valence-electron chi connectivity index (χ1n) is 8.60. The summed E-state index contributed by atoms with van der Waals surface area (Å²) in [5, 5.41) is 4.39. The minimum absolute atomic E-state index is 0.170. The van der Waals surface area contributed by atoms with Gasteiger partial charge in [0.15, 0.2) is 0 Å². The molecule has 0 bridgehead atoms. The number of hydrogen-bond acceptors (Lipinski definition) is 5. The van der Waals surface area contributed by atoms with Crippen LogP contribution in [0.5, 0.6) is 0 Å². The molecule has 134 valence electrons. The second-order valence-electron chi connectivity index (χ2n) is 6.33. The van der Waals surface area contributed by atoms with Gasteiger partial charge in [0.05, 0.1) is 5.25 Å². The molecule has 1 aromatic carbocycles. The van der Waals surface area contributed by atoms with Gasteiger partial charge >= 0.3 is 0 Å². The Labute approximate surface area is 159 Å². The van der Waals surface area contributed by atoms with Crippen molar-refractivity contribution in [1.82, 2.24) is 9.97 Å². The van der Waals surface area contributed by atoms with Gasteiger partial charge in [-0.2, -0.15) is 0 Å². The van der Waals surface area contributed by atoms with Crippen LogP contribution in [-0.4, -0.2) is 21.1 Å². The quantitative estimate of drug-likeness (QED) is 0.515. The zero-order valence-electron chi connectivity index (χ0n) is 14.3. The Bertz CT molecular complexity index is 973. The number of carbonyl (C=O) groups is 1. The molecule has 1 aliphatic carbocycles. The van der Waals surface area contributed by atoms with Crippen LogP contribution < -0.4 is 5.32 Å². The fourth-order valence-electron chi connectivity index (χ4n) is 3.18. The second kappa shape index (κ2) is 7.32. The first-order valence-corrected chi connectivity index (χ1v) is 10.3. The van der Waals surface area contributed by atoms with Crippen LogP contribution in [0.15, 0.2) is 35.6 Å². The van der Waals surface area contributed by atoms with Crippen molar-refractivity contribution in [3.63, 3.8) is 0 Å². The summed E-state index contributed by atoms with van der Waals surface area (Å²) in [6.07, 6.45) is 6.15. The molecule has 4 nitrogen and oxygen atoms in total. The molecule has 1 atom stereocenters. The summed E-state index contributed by atoms with van der Waals surface area (Å²) in [5.41, 5.74) is 1.82. The van der Waals surface area contributed by atoms with E-state index in [0.29, 0.717) is 5.69 Å². The maximum atomic E-state index is 13.3. The Balaban J connectivity index is 1.56. The molecule has 1 amide bonds. The Morgan fingerprint density at radius 2 is 2.15 bits per heavy atom. The zero-order valence-corrected chi connectivity index (χ0v) is 15.9. The molecule has 26 heavy (non-hydrogen) atoms. The lowest BCUT2D eigenvalue weighted by Gasteiger charge is -2.14. The number of aromatic nitrogens is 2. The van der Waals surface area contributed by atoms with Gasteiger partial charge < -0.3 is 5.32 Å². The minimum Gasteiger partial charge on any atom is -0.325 e. The average molecular weight is 388 g/mol. The van der Waals surface area contributed by atoms with E-state index in [4.69, 9.17) is 0 Å². The van der Waals surface area contributed by atoms with Crippen LogP contribution in [0.1, 0.15) is 30.2 Å². The van der Waals surface area contributed by atoms with Crippen LogP contribution in [-0.2, 0) is 17.6 Å². The number of hydrogen-bond donors (Lipinski definition) is 1. The summed E-state index contributed by atoms with van der Waals surface area (Å²) in [6.45, 7) is 1.84. The van der Waals surface area contributed by atoms with Crippen molar-refractivity contribution in [1.29, 1.82) is 0 Å². The average Bonchev–Trinajstić information content (AvgIpc) is 3.01. The summed E-state index contributed by atoms with van der Waals surface area (Å²) in [7, 11) is 0. The first-order chi connectivity index (χ1) is 12.6. The van der Waals surface area contributed by atoms with Gasteiger partial charge in [0.25, 0.3) is 0 Å². The second-order valence-corrected chi connectivity index (χ2v) is 8.74. The van der Waals surface area contributed by atoms with Crippen LogP contribution in [0.2, 0.25) is 0 Å². The molecule has 1 N–H and O–H groups in total. The fraction of sp³-hybridized carbons (Fsp3) is 0.316. The lowest BCUT2D eigenvalue weighted by atomic mass is 9.97. The number of amides is 1. The van der Waals surface area contributed by atoms with Crippen molar-refractivity contribution in [2.24, 2.45) is 0 Å². The van der Waals surface area contributed by atoms with Gasteiger partial charge in [-0.05, 0) is 56.4 Å². The number of thiophene rings is 1. The largest absolute Gasteiger partial charge is 0.325 e. The monoisotopic (exact) mass is 387 g/mol. The van der Waals surface area contributed by atoms with E-state index in [0.717, 1.165) is 28.1 Å². The third kappa shape index (κ3) is 3.46. The van der Waals surface area contributed by atoms with E-state index in [9.17, 15) is 9.18 Å². The Morgan fingerprint density at radius 3 is 3.00 bits per heavy atom. The summed E-state index contributed by atoms with van der Waals surface area (Å²) in [4.78, 5) is 23.8. The molecule has 0 unspecified atom stereocenters. The van der Waals surface area contributed by atoms with Gasteiger partial charge in [0.2, 0.25) is 5.91 Å². The number of carbonyl (C=O) groups excluding carboxylic acids is 1. The lowest BCUT2D eigenvalue weighted by Crippen LogP contribution is -2.22. The van der Waals surface area contributed by atoms with Crippen LogP contribution >= 0.6 is 23.1 Å². The molecular weight excluding hydrogens is 369 g/mol. The van der Waals surface area contributed by atoms with E-state index in [1.54, 1.807) is 29.8 Å². The number of anilines is 1. The van der Waals surface area contributed by atoms with Gasteiger partial charge in [-0.15, -0.1) is 11.3 Å². The van der Waals surface area contributed by atoms with Crippen LogP contribution in [0.25, 0.3) is 10.2 Å². The van der Waals surface area contributed by atoms with Crippen LogP contribution in [0, 0.1) is 5.82 Å². The van der Waals surface area contributed by atoms with Crippen molar-refractivity contribution < 1.29 is 9.18 Å². The predicted molar refractivity (Wildman–Crippen MR) is 104 cm³/mol. The number of halogens is 1. The number of nitrogens with zero attached hydrogens (tertiary/aromatic N) is 2. The highest BCUT2D eigenvalue weighted by molar-refractivity contribution is 8.00. The predicted octanol–water partition coefficient (Wildman–Crippen LogP) is 4.83. The maximum absolute atomic E-state index is 13.3. The standard InChI is InChI=1S/C19H18FN3OS2/c1-11(17(24)23-13-6-4-5-12(20)9-13)25-18-16-14-7-2-3-8-15(14)26-19(16)22-10-21-18/h4-6,9-11H,2-3,7-8H2,1H3,(H,23,24)/t11-/m0/s1. The molecule has 2 heterocycles. The smallest absolute Gasteiger partial charge is 0.237 e. The molecule has 0 spiro atoms. The van der Waals surface area contributed by atoms with Crippen molar-refractivity contribution in [2.45, 2.75) is 42.9 Å². The summed E-state index contributed by atoms with van der Waals surface area (Å²) in [5.74, 6) is -0.540. The Morgan fingerprint density at radius 1 is 1.31 bits per heavy atom. The summed E-state index contributed by atoms with van der Waals surface area (Å²) in [6, 6.07) is 5.92. The summed E-state index contributed by atoms with van der Waals surface area (Å²) < 4.78 is 13.3. The highest BCUT2D eigenvalue weighted by Gasteiger charge is 2.23. The Kier molecular flexibility index (Phi) is 4.91. The molecule has 7 heteroatoms. The topological polar surface area (TPSA) is 54.9 Å². The molecule has 4 rings (SSSR count). The molecule has 0 saturated heterocycles. The van der Waals surface area contributed by atoms with Gasteiger partial charge in [-0.25, -0.2) is 14.4 Å². The normalized spacial score (nSPS) is 14.8. The number of aryl methyl sites for hydroxylation is 2. The lowest BCUT2D eigenvalue weighted by molar-refractivity contribution is -0.115. The number of rotatable bonds is 4. The maximum Gasteiger partial charge on any atom is 0.237 e. The molecule has 1 aliphatic rings. The van der Waals surface area contributed by atoms with E-state index < -0.39 is 0 Å². The molecule has 3 aromatic rings. The van der Waals surface area contributed by atoms with Crippen LogP contribution in [0.4, 0.5) is 10.1 Å². The third-order valence-electron chi connectivity index (χ3n) is 4.47. The summed E-state index contributed by atoms with van der Waals surface area (Å²) >= 11 is 3.18. The van der Waals surface area contributed by atoms with E-state index >= 15 is 0 Å². The molecule has 2 aromatic heterocycles. The van der Waals surface area contributed by atoms with Gasteiger partial charge in [0.1, 0.15) is 22.0 Å². The van der Waals surface area contributed by atoms with Crippen molar-refractivity contribution in [3.8, 4) is 0 Å². The SMILES string of the molecule is C[C@H](Sc1ncnc2sc3c(c12)CCCC3)C(=O)Nc1cccc(F)c1. The molecule has 0 radical (unpaired) electrons. The van der Waals surface area contributed by atoms with Gasteiger partial charge in [0, 0.05) is 16.0 Å². The van der Waals surface area contributed by atoms with E-state index in [2.05, 4.69) is 15.3 Å². The number of thioether (sulfide) groups is 1. The highest BCUT2D eigenvalue weighted by atomic mass is 32.2. The van der Waals surface area contributed by atoms with E-state index in [-0.39, 0.29) is 17.0 Å². The zero-order chi connectivity index (χ0) is 18.1. The number of fused-ring (bicyclic) bond motifs is 3. The van der Waals surface area contributed by atoms with E-state index in [1.165, 1.54) is 47.2 Å². The Hall–Kier alpha value is -1.99.